The van der Waals surface area contributed by atoms with Gasteiger partial charge in [-0.3, -0.25) is 14.5 Å². The van der Waals surface area contributed by atoms with Gasteiger partial charge in [0.2, 0.25) is 5.91 Å². The van der Waals surface area contributed by atoms with Gasteiger partial charge < -0.3 is 10.0 Å². The lowest BCUT2D eigenvalue weighted by molar-refractivity contribution is -0.149. The highest BCUT2D eigenvalue weighted by Gasteiger charge is 2.61. The summed E-state index contributed by atoms with van der Waals surface area (Å²) in [5, 5.41) is 14.3. The molecule has 0 unspecified atom stereocenters. The molecule has 138 valence electrons. The number of carbonyl (C=O) groups is 2. The van der Waals surface area contributed by atoms with Gasteiger partial charge in [-0.05, 0) is 26.8 Å². The molecule has 2 aromatic rings. The maximum atomic E-state index is 12.6. The van der Waals surface area contributed by atoms with Gasteiger partial charge in [0.05, 0.1) is 12.1 Å². The first-order chi connectivity index (χ1) is 12.4. The first-order valence-corrected chi connectivity index (χ1v) is 8.91. The van der Waals surface area contributed by atoms with Crippen molar-refractivity contribution in [1.82, 2.24) is 24.4 Å². The number of carboxylic acids is 1. The van der Waals surface area contributed by atoms with E-state index in [1.54, 1.807) is 15.6 Å². The minimum absolute atomic E-state index is 0.0397. The van der Waals surface area contributed by atoms with Gasteiger partial charge in [0.25, 0.3) is 0 Å². The van der Waals surface area contributed by atoms with Crippen LogP contribution in [0, 0.1) is 25.2 Å². The quantitative estimate of drug-likeness (QED) is 0.867. The number of aryl methyl sites for hydroxylation is 2. The average molecular weight is 357 g/mol. The molecule has 1 amide bonds. The van der Waals surface area contributed by atoms with Crippen molar-refractivity contribution in [3.63, 3.8) is 0 Å². The Hall–Kier alpha value is -2.48. The van der Waals surface area contributed by atoms with Gasteiger partial charge in [-0.2, -0.15) is 5.10 Å². The predicted octanol–water partition coefficient (Wildman–Crippen LogP) is 0.711. The van der Waals surface area contributed by atoms with E-state index in [0.29, 0.717) is 32.7 Å². The molecule has 4 heterocycles. The molecule has 8 nitrogen and oxygen atoms in total. The number of aromatic nitrogens is 3. The molecular weight excluding hydrogens is 334 g/mol. The SMILES string of the molecule is CCN1C[C@@]2(C(=O)O)CN(Cc3cnn4c(C)cc(C)nc34)C[C@H]2C1=O. The summed E-state index contributed by atoms with van der Waals surface area (Å²) in [5.41, 5.74) is 2.68. The zero-order valence-corrected chi connectivity index (χ0v) is 15.3. The van der Waals surface area contributed by atoms with Gasteiger partial charge in [-0.1, -0.05) is 0 Å². The lowest BCUT2D eigenvalue weighted by atomic mass is 9.81. The molecule has 2 aliphatic rings. The number of carbonyl (C=O) groups excluding carboxylic acids is 1. The van der Waals surface area contributed by atoms with Gasteiger partial charge in [-0.25, -0.2) is 9.50 Å². The van der Waals surface area contributed by atoms with Gasteiger partial charge in [0.15, 0.2) is 5.65 Å². The third-order valence-corrected chi connectivity index (χ3v) is 5.75. The van der Waals surface area contributed by atoms with Crippen LogP contribution in [0.15, 0.2) is 12.3 Å². The molecule has 2 fully saturated rings. The van der Waals surface area contributed by atoms with Crippen LogP contribution in [0.2, 0.25) is 0 Å². The van der Waals surface area contributed by atoms with Crippen molar-refractivity contribution < 1.29 is 14.7 Å². The first kappa shape index (κ1) is 17.0. The van der Waals surface area contributed by atoms with E-state index >= 15 is 0 Å². The predicted molar refractivity (Wildman–Crippen MR) is 93.6 cm³/mol. The van der Waals surface area contributed by atoms with Crippen LogP contribution in [0.1, 0.15) is 23.9 Å². The molecule has 0 aliphatic carbocycles. The van der Waals surface area contributed by atoms with Gasteiger partial charge >= 0.3 is 5.97 Å². The Morgan fingerprint density at radius 2 is 2.15 bits per heavy atom. The van der Waals surface area contributed by atoms with Crippen LogP contribution in [0.25, 0.3) is 5.65 Å². The number of nitrogens with zero attached hydrogens (tertiary/aromatic N) is 5. The van der Waals surface area contributed by atoms with Gasteiger partial charge in [0, 0.05) is 49.7 Å². The summed E-state index contributed by atoms with van der Waals surface area (Å²) in [6, 6.07) is 1.97. The Labute approximate surface area is 151 Å². The minimum Gasteiger partial charge on any atom is -0.481 e. The summed E-state index contributed by atoms with van der Waals surface area (Å²) < 4.78 is 1.80. The number of hydrogen-bond donors (Lipinski definition) is 1. The Morgan fingerprint density at radius 1 is 1.38 bits per heavy atom. The highest BCUT2D eigenvalue weighted by molar-refractivity contribution is 5.92. The molecule has 0 aromatic carbocycles. The molecule has 4 rings (SSSR count). The van der Waals surface area contributed by atoms with Crippen molar-refractivity contribution in [3.05, 3.63) is 29.2 Å². The highest BCUT2D eigenvalue weighted by Crippen LogP contribution is 2.44. The number of likely N-dealkylation sites (tertiary alicyclic amines) is 2. The smallest absolute Gasteiger partial charge is 0.313 e. The zero-order chi connectivity index (χ0) is 18.6. The maximum absolute atomic E-state index is 12.6. The van der Waals surface area contributed by atoms with E-state index in [-0.39, 0.29) is 5.91 Å². The molecule has 1 N–H and O–H groups in total. The van der Waals surface area contributed by atoms with Crippen molar-refractivity contribution in [2.24, 2.45) is 11.3 Å². The minimum atomic E-state index is -1.00. The van der Waals surface area contributed by atoms with Gasteiger partial charge in [-0.15, -0.1) is 0 Å². The summed E-state index contributed by atoms with van der Waals surface area (Å²) in [4.78, 5) is 32.9. The molecule has 2 saturated heterocycles. The molecule has 0 spiro atoms. The topological polar surface area (TPSA) is 91.0 Å². The van der Waals surface area contributed by atoms with E-state index in [0.717, 1.165) is 22.6 Å². The van der Waals surface area contributed by atoms with E-state index in [9.17, 15) is 14.7 Å². The molecule has 2 aromatic heterocycles. The summed E-state index contributed by atoms with van der Waals surface area (Å²) in [6.07, 6.45) is 1.79. The van der Waals surface area contributed by atoms with E-state index in [1.807, 2.05) is 26.8 Å². The molecule has 0 saturated carbocycles. The second-order valence-electron chi connectivity index (χ2n) is 7.48. The third-order valence-electron chi connectivity index (χ3n) is 5.75. The van der Waals surface area contributed by atoms with E-state index < -0.39 is 17.3 Å². The van der Waals surface area contributed by atoms with E-state index in [4.69, 9.17) is 0 Å². The Balaban J connectivity index is 1.62. The molecule has 2 aliphatic heterocycles. The molecular formula is C18H23N5O3. The van der Waals surface area contributed by atoms with Gasteiger partial charge in [0.1, 0.15) is 5.41 Å². The van der Waals surface area contributed by atoms with Crippen LogP contribution in [0.3, 0.4) is 0 Å². The summed E-state index contributed by atoms with van der Waals surface area (Å²) in [7, 11) is 0. The molecule has 0 bridgehead atoms. The number of rotatable bonds is 4. The molecule has 0 radical (unpaired) electrons. The zero-order valence-electron chi connectivity index (χ0n) is 15.3. The largest absolute Gasteiger partial charge is 0.481 e. The monoisotopic (exact) mass is 357 g/mol. The van der Waals surface area contributed by atoms with Crippen LogP contribution >= 0.6 is 0 Å². The Bertz CT molecular complexity index is 908. The van der Waals surface area contributed by atoms with E-state index in [2.05, 4.69) is 15.0 Å². The Morgan fingerprint density at radius 3 is 2.81 bits per heavy atom. The fourth-order valence-electron chi connectivity index (χ4n) is 4.46. The van der Waals surface area contributed by atoms with Crippen LogP contribution in [0.4, 0.5) is 0 Å². The van der Waals surface area contributed by atoms with Crippen molar-refractivity contribution in [2.75, 3.05) is 26.2 Å². The Kier molecular flexibility index (Phi) is 3.76. The first-order valence-electron chi connectivity index (χ1n) is 8.91. The van der Waals surface area contributed by atoms with Crippen molar-refractivity contribution >= 4 is 17.5 Å². The van der Waals surface area contributed by atoms with Crippen molar-refractivity contribution in [2.45, 2.75) is 27.3 Å². The normalized spacial score (nSPS) is 26.0. The fourth-order valence-corrected chi connectivity index (χ4v) is 4.46. The fraction of sp³-hybridized carbons (Fsp3) is 0.556. The number of amides is 1. The van der Waals surface area contributed by atoms with E-state index in [1.165, 1.54) is 0 Å². The van der Waals surface area contributed by atoms with Crippen LogP contribution in [0.5, 0.6) is 0 Å². The lowest BCUT2D eigenvalue weighted by Gasteiger charge is -2.24. The standard InChI is InChI=1S/C18H23N5O3/c1-4-22-10-18(17(25)26)9-21(8-14(18)16(22)24)7-13-6-19-23-12(3)5-11(2)20-15(13)23/h5-6,14H,4,7-10H2,1-3H3,(H,25,26)/t14-,18-/m0/s1. The average Bonchev–Trinajstić information content (AvgIpc) is 3.21. The maximum Gasteiger partial charge on any atom is 0.313 e. The number of fused-ring (bicyclic) bond motifs is 2. The summed E-state index contributed by atoms with van der Waals surface area (Å²) >= 11 is 0. The van der Waals surface area contributed by atoms with Crippen molar-refractivity contribution in [1.29, 1.82) is 0 Å². The number of hydrogen-bond acceptors (Lipinski definition) is 5. The molecule has 8 heteroatoms. The van der Waals surface area contributed by atoms with Crippen LogP contribution in [-0.4, -0.2) is 67.6 Å². The second kappa shape index (κ2) is 5.77. The molecule has 26 heavy (non-hydrogen) atoms. The van der Waals surface area contributed by atoms with Crippen LogP contribution in [-0.2, 0) is 16.1 Å². The number of aliphatic carboxylic acids is 1. The third kappa shape index (κ3) is 2.32. The summed E-state index contributed by atoms with van der Waals surface area (Å²) in [6.45, 7) is 8.05. The number of carboxylic acid groups (broad SMARTS) is 1. The summed E-state index contributed by atoms with van der Waals surface area (Å²) in [5.74, 6) is -1.39. The second-order valence-corrected chi connectivity index (χ2v) is 7.48. The highest BCUT2D eigenvalue weighted by atomic mass is 16.4. The molecule has 2 atom stereocenters. The van der Waals surface area contributed by atoms with Crippen LogP contribution < -0.4 is 0 Å². The lowest BCUT2D eigenvalue weighted by Crippen LogP contribution is -2.40. The van der Waals surface area contributed by atoms with Crippen molar-refractivity contribution in [3.8, 4) is 0 Å².